The molecule has 0 bridgehead atoms. The largest absolute Gasteiger partial charge is 0.394 e. The number of aromatic nitrogens is 1. The van der Waals surface area contributed by atoms with Crippen molar-refractivity contribution in [3.05, 3.63) is 15.6 Å². The van der Waals surface area contributed by atoms with Gasteiger partial charge in [-0.25, -0.2) is 4.98 Å². The molecule has 14 heavy (non-hydrogen) atoms. The summed E-state index contributed by atoms with van der Waals surface area (Å²) in [6, 6.07) is -0.288. The van der Waals surface area contributed by atoms with E-state index < -0.39 is 0 Å². The van der Waals surface area contributed by atoms with Gasteiger partial charge >= 0.3 is 0 Å². The predicted octanol–water partition coefficient (Wildman–Crippen LogP) is 1.74. The number of hydrogen-bond donors (Lipinski definition) is 2. The van der Waals surface area contributed by atoms with Crippen LogP contribution in [0.1, 0.15) is 42.4 Å². The van der Waals surface area contributed by atoms with E-state index in [2.05, 4.69) is 25.8 Å². The average molecular weight is 214 g/mol. The first-order valence-electron chi connectivity index (χ1n) is 4.70. The Morgan fingerprint density at radius 3 is 2.43 bits per heavy atom. The lowest BCUT2D eigenvalue weighted by atomic mass is 9.98. The van der Waals surface area contributed by atoms with E-state index in [0.29, 0.717) is 0 Å². The molecule has 1 unspecified atom stereocenters. The normalized spacial score (nSPS) is 14.4. The lowest BCUT2D eigenvalue weighted by molar-refractivity contribution is 0.269. The summed E-state index contributed by atoms with van der Waals surface area (Å²) in [7, 11) is 0. The zero-order valence-electron chi connectivity index (χ0n) is 9.16. The van der Waals surface area contributed by atoms with Crippen LogP contribution >= 0.6 is 11.3 Å². The standard InChI is InChI=1S/C10H18N2OS/c1-6-8(7(11)5-13)14-9(12-6)10(2,3)4/h7,13H,5,11H2,1-4H3. The highest BCUT2D eigenvalue weighted by Gasteiger charge is 2.22. The van der Waals surface area contributed by atoms with Crippen molar-refractivity contribution in [2.75, 3.05) is 6.61 Å². The summed E-state index contributed by atoms with van der Waals surface area (Å²) < 4.78 is 0. The molecule has 1 aromatic rings. The summed E-state index contributed by atoms with van der Waals surface area (Å²) >= 11 is 1.60. The molecule has 0 saturated carbocycles. The van der Waals surface area contributed by atoms with Crippen molar-refractivity contribution in [2.45, 2.75) is 39.2 Å². The Kier molecular flexibility index (Phi) is 3.29. The summed E-state index contributed by atoms with van der Waals surface area (Å²) in [5, 5.41) is 10.1. The maximum absolute atomic E-state index is 8.98. The van der Waals surface area contributed by atoms with Gasteiger partial charge in [0.05, 0.1) is 23.4 Å². The fourth-order valence-electron chi connectivity index (χ4n) is 1.16. The predicted molar refractivity (Wildman–Crippen MR) is 59.6 cm³/mol. The van der Waals surface area contributed by atoms with Crippen molar-refractivity contribution in [3.63, 3.8) is 0 Å². The molecule has 3 N–H and O–H groups in total. The molecule has 0 aliphatic rings. The van der Waals surface area contributed by atoms with Crippen LogP contribution in [-0.2, 0) is 5.41 Å². The number of aryl methyl sites for hydroxylation is 1. The number of hydrogen-bond acceptors (Lipinski definition) is 4. The van der Waals surface area contributed by atoms with Gasteiger partial charge in [-0.1, -0.05) is 20.8 Å². The smallest absolute Gasteiger partial charge is 0.0985 e. The Balaban J connectivity index is 3.05. The molecular formula is C10H18N2OS. The van der Waals surface area contributed by atoms with Crippen molar-refractivity contribution in [3.8, 4) is 0 Å². The highest BCUT2D eigenvalue weighted by Crippen LogP contribution is 2.31. The molecule has 0 spiro atoms. The van der Waals surface area contributed by atoms with Gasteiger partial charge in [-0.3, -0.25) is 0 Å². The molecule has 0 fully saturated rings. The number of nitrogens with two attached hydrogens (primary N) is 1. The minimum absolute atomic E-state index is 0.0212. The molecule has 4 heteroatoms. The van der Waals surface area contributed by atoms with Crippen LogP contribution in [0.15, 0.2) is 0 Å². The molecule has 0 aliphatic carbocycles. The van der Waals surface area contributed by atoms with E-state index in [1.165, 1.54) is 0 Å². The van der Waals surface area contributed by atoms with E-state index >= 15 is 0 Å². The first-order chi connectivity index (χ1) is 6.36. The number of thiazole rings is 1. The fraction of sp³-hybridized carbons (Fsp3) is 0.700. The monoisotopic (exact) mass is 214 g/mol. The van der Waals surface area contributed by atoms with E-state index in [4.69, 9.17) is 10.8 Å². The van der Waals surface area contributed by atoms with Crippen molar-refractivity contribution >= 4 is 11.3 Å². The van der Waals surface area contributed by atoms with Crippen LogP contribution in [0.2, 0.25) is 0 Å². The van der Waals surface area contributed by atoms with Crippen LogP contribution in [-0.4, -0.2) is 16.7 Å². The number of aliphatic hydroxyl groups is 1. The summed E-state index contributed by atoms with van der Waals surface area (Å²) in [4.78, 5) is 5.48. The second kappa shape index (κ2) is 3.96. The third-order valence-electron chi connectivity index (χ3n) is 2.01. The second-order valence-corrected chi connectivity index (χ2v) is 5.54. The lowest BCUT2D eigenvalue weighted by Gasteiger charge is -2.13. The van der Waals surface area contributed by atoms with Crippen molar-refractivity contribution in [2.24, 2.45) is 5.73 Å². The van der Waals surface area contributed by atoms with Gasteiger partial charge in [0.15, 0.2) is 0 Å². The fourth-order valence-corrected chi connectivity index (χ4v) is 2.27. The van der Waals surface area contributed by atoms with Crippen LogP contribution in [0.5, 0.6) is 0 Å². The van der Waals surface area contributed by atoms with Gasteiger partial charge in [0.2, 0.25) is 0 Å². The van der Waals surface area contributed by atoms with Gasteiger partial charge in [-0.05, 0) is 6.92 Å². The second-order valence-electron chi connectivity index (χ2n) is 4.51. The van der Waals surface area contributed by atoms with Crippen molar-refractivity contribution in [1.29, 1.82) is 0 Å². The van der Waals surface area contributed by atoms with E-state index in [-0.39, 0.29) is 18.1 Å². The highest BCUT2D eigenvalue weighted by atomic mass is 32.1. The third-order valence-corrected chi connectivity index (χ3v) is 3.72. The molecular weight excluding hydrogens is 196 g/mol. The Morgan fingerprint density at radius 1 is 1.50 bits per heavy atom. The maximum atomic E-state index is 8.98. The van der Waals surface area contributed by atoms with Crippen molar-refractivity contribution < 1.29 is 5.11 Å². The molecule has 0 saturated heterocycles. The van der Waals surface area contributed by atoms with Crippen LogP contribution in [0.4, 0.5) is 0 Å². The van der Waals surface area contributed by atoms with E-state index in [9.17, 15) is 0 Å². The molecule has 1 atom stereocenters. The zero-order valence-corrected chi connectivity index (χ0v) is 9.98. The van der Waals surface area contributed by atoms with E-state index in [1.807, 2.05) is 6.92 Å². The first kappa shape index (κ1) is 11.6. The van der Waals surface area contributed by atoms with Gasteiger partial charge < -0.3 is 10.8 Å². The lowest BCUT2D eigenvalue weighted by Crippen LogP contribution is -2.13. The molecule has 0 aliphatic heterocycles. The number of aliphatic hydroxyl groups excluding tert-OH is 1. The Morgan fingerprint density at radius 2 is 2.07 bits per heavy atom. The summed E-state index contributed by atoms with van der Waals surface area (Å²) in [5.74, 6) is 0. The Labute approximate surface area is 89.0 Å². The molecule has 0 amide bonds. The van der Waals surface area contributed by atoms with Gasteiger partial charge in [-0.2, -0.15) is 0 Å². The molecule has 80 valence electrons. The molecule has 1 aromatic heterocycles. The molecule has 0 aromatic carbocycles. The van der Waals surface area contributed by atoms with Gasteiger partial charge in [0, 0.05) is 10.3 Å². The highest BCUT2D eigenvalue weighted by molar-refractivity contribution is 7.12. The molecule has 0 radical (unpaired) electrons. The first-order valence-corrected chi connectivity index (χ1v) is 5.52. The van der Waals surface area contributed by atoms with Gasteiger partial charge in [0.25, 0.3) is 0 Å². The van der Waals surface area contributed by atoms with Crippen LogP contribution in [0.25, 0.3) is 0 Å². The summed E-state index contributed by atoms with van der Waals surface area (Å²) in [6.07, 6.45) is 0. The van der Waals surface area contributed by atoms with E-state index in [0.717, 1.165) is 15.6 Å². The quantitative estimate of drug-likeness (QED) is 0.788. The van der Waals surface area contributed by atoms with Gasteiger partial charge in [0.1, 0.15) is 0 Å². The molecule has 1 heterocycles. The number of rotatable bonds is 2. The Hall–Kier alpha value is -0.450. The Bertz CT molecular complexity index is 314. The third kappa shape index (κ3) is 2.32. The minimum Gasteiger partial charge on any atom is -0.394 e. The zero-order chi connectivity index (χ0) is 10.9. The van der Waals surface area contributed by atoms with Crippen LogP contribution in [0, 0.1) is 6.92 Å². The summed E-state index contributed by atoms with van der Waals surface area (Å²) in [5.41, 5.74) is 6.78. The number of nitrogens with zero attached hydrogens (tertiary/aromatic N) is 1. The SMILES string of the molecule is Cc1nc(C(C)(C)C)sc1C(N)CO. The topological polar surface area (TPSA) is 59.1 Å². The van der Waals surface area contributed by atoms with Crippen LogP contribution in [0.3, 0.4) is 0 Å². The maximum Gasteiger partial charge on any atom is 0.0985 e. The van der Waals surface area contributed by atoms with Crippen molar-refractivity contribution in [1.82, 2.24) is 4.98 Å². The molecule has 3 nitrogen and oxygen atoms in total. The minimum atomic E-state index is -0.288. The van der Waals surface area contributed by atoms with Crippen LogP contribution < -0.4 is 5.73 Å². The average Bonchev–Trinajstić information content (AvgIpc) is 2.45. The summed E-state index contributed by atoms with van der Waals surface area (Å²) in [6.45, 7) is 8.29. The van der Waals surface area contributed by atoms with Gasteiger partial charge in [-0.15, -0.1) is 11.3 Å². The molecule has 1 rings (SSSR count). The van der Waals surface area contributed by atoms with E-state index in [1.54, 1.807) is 11.3 Å².